The molecule has 0 aliphatic carbocycles. The van der Waals surface area contributed by atoms with Gasteiger partial charge in [0.1, 0.15) is 0 Å². The molecule has 3 nitrogen and oxygen atoms in total. The first kappa shape index (κ1) is 7.14. The summed E-state index contributed by atoms with van der Waals surface area (Å²) in [4.78, 5) is 20.0. The van der Waals surface area contributed by atoms with E-state index in [1.54, 1.807) is 6.92 Å². The van der Waals surface area contributed by atoms with Gasteiger partial charge < -0.3 is 5.32 Å². The van der Waals surface area contributed by atoms with Crippen molar-refractivity contribution < 1.29 is 9.59 Å². The number of hydrogen-bond donors (Lipinski definition) is 1. The van der Waals surface area contributed by atoms with Gasteiger partial charge >= 0.3 is 0 Å². The first-order valence-electron chi connectivity index (χ1n) is 2.38. The Morgan fingerprint density at radius 1 is 1.75 bits per heavy atom. The fourth-order valence-corrected chi connectivity index (χ4v) is 0.219. The third-order valence-electron chi connectivity index (χ3n) is 0.928. The van der Waals surface area contributed by atoms with Crippen LogP contribution in [-0.2, 0) is 9.59 Å². The zero-order chi connectivity index (χ0) is 6.57. The quantitative estimate of drug-likeness (QED) is 0.514. The molecule has 3 heteroatoms. The van der Waals surface area contributed by atoms with Crippen LogP contribution in [-0.4, -0.2) is 18.2 Å². The highest BCUT2D eigenvalue weighted by atomic mass is 16.1. The van der Waals surface area contributed by atoms with Gasteiger partial charge in [0.05, 0.1) is 6.04 Å². The van der Waals surface area contributed by atoms with Crippen LogP contribution in [0.2, 0.25) is 0 Å². The molecule has 1 N–H and O–H groups in total. The molecule has 0 saturated heterocycles. The van der Waals surface area contributed by atoms with E-state index in [4.69, 9.17) is 0 Å². The summed E-state index contributed by atoms with van der Waals surface area (Å²) in [6, 6.07) is -0.340. The van der Waals surface area contributed by atoms with Gasteiger partial charge in [-0.1, -0.05) is 0 Å². The van der Waals surface area contributed by atoms with Gasteiger partial charge in [-0.25, -0.2) is 0 Å². The molecule has 0 aromatic carbocycles. The van der Waals surface area contributed by atoms with Crippen LogP contribution in [0.5, 0.6) is 0 Å². The van der Waals surface area contributed by atoms with Crippen LogP contribution in [0.1, 0.15) is 13.8 Å². The number of carbonyl (C=O) groups excluding carboxylic acids is 2. The van der Waals surface area contributed by atoms with E-state index in [1.807, 2.05) is 0 Å². The molecule has 0 saturated carbocycles. The highest BCUT2D eigenvalue weighted by molar-refractivity contribution is 5.82. The summed E-state index contributed by atoms with van der Waals surface area (Å²) in [5, 5.41) is 2.31. The third-order valence-corrected chi connectivity index (χ3v) is 0.928. The van der Waals surface area contributed by atoms with E-state index in [9.17, 15) is 9.59 Å². The van der Waals surface area contributed by atoms with Gasteiger partial charge in [-0.3, -0.25) is 9.59 Å². The molecule has 1 unspecified atom stereocenters. The molecule has 0 aliphatic heterocycles. The molecule has 0 aromatic heterocycles. The molecule has 0 aliphatic rings. The van der Waals surface area contributed by atoms with Gasteiger partial charge in [-0.15, -0.1) is 0 Å². The molecule has 8 heavy (non-hydrogen) atoms. The predicted octanol–water partition coefficient (Wildman–Crippen LogP) is -0.290. The third kappa shape index (κ3) is 2.34. The van der Waals surface area contributed by atoms with Gasteiger partial charge in [-0.05, 0) is 13.8 Å². The Kier molecular flexibility index (Phi) is 2.84. The van der Waals surface area contributed by atoms with Crippen LogP contribution >= 0.6 is 0 Å². The van der Waals surface area contributed by atoms with E-state index in [-0.39, 0.29) is 11.8 Å². The van der Waals surface area contributed by atoms with Crippen LogP contribution < -0.4 is 5.32 Å². The summed E-state index contributed by atoms with van der Waals surface area (Å²) in [6.07, 6.45) is 0.520. The fourth-order valence-electron chi connectivity index (χ4n) is 0.219. The molecule has 0 fully saturated rings. The zero-order valence-electron chi connectivity index (χ0n) is 4.97. The van der Waals surface area contributed by atoms with Crippen molar-refractivity contribution in [2.75, 3.05) is 0 Å². The van der Waals surface area contributed by atoms with Crippen molar-refractivity contribution in [3.05, 3.63) is 0 Å². The lowest BCUT2D eigenvalue weighted by atomic mass is 10.2. The van der Waals surface area contributed by atoms with E-state index in [2.05, 4.69) is 5.32 Å². The second kappa shape index (κ2) is 3.18. The summed E-state index contributed by atoms with van der Waals surface area (Å²) in [6.45, 7) is 3.07. The normalized spacial score (nSPS) is 12.2. The lowest BCUT2D eigenvalue weighted by Crippen LogP contribution is -2.30. The molecule has 0 heterocycles. The van der Waals surface area contributed by atoms with E-state index in [0.717, 1.165) is 0 Å². The summed E-state index contributed by atoms with van der Waals surface area (Å²) in [5.41, 5.74) is 0. The standard InChI is InChI=1S/C5H9NO2/c1-4(5(2)8)6-3-7/h3-4H,1-2H3,(H,6,7). The minimum atomic E-state index is -0.340. The van der Waals surface area contributed by atoms with Crippen molar-refractivity contribution in [2.24, 2.45) is 0 Å². The van der Waals surface area contributed by atoms with Gasteiger partial charge in [0.15, 0.2) is 5.78 Å². The lowest BCUT2D eigenvalue weighted by molar-refractivity contribution is -0.121. The van der Waals surface area contributed by atoms with Crippen LogP contribution in [0.25, 0.3) is 0 Å². The molecular weight excluding hydrogens is 106 g/mol. The molecule has 0 bridgehead atoms. The van der Waals surface area contributed by atoms with Crippen molar-refractivity contribution in [3.8, 4) is 0 Å². The van der Waals surface area contributed by atoms with Crippen molar-refractivity contribution in [2.45, 2.75) is 19.9 Å². The maximum absolute atomic E-state index is 10.3. The maximum atomic E-state index is 10.3. The molecule has 46 valence electrons. The molecule has 0 radical (unpaired) electrons. The Morgan fingerprint density at radius 2 is 2.25 bits per heavy atom. The number of amides is 1. The monoisotopic (exact) mass is 115 g/mol. The minimum absolute atomic E-state index is 0.0305. The molecule has 0 spiro atoms. The second-order valence-corrected chi connectivity index (χ2v) is 1.62. The average molecular weight is 115 g/mol. The average Bonchev–Trinajstić information content (AvgIpc) is 1.67. The highest BCUT2D eigenvalue weighted by Gasteiger charge is 2.02. The second-order valence-electron chi connectivity index (χ2n) is 1.62. The van der Waals surface area contributed by atoms with Crippen LogP contribution in [0.4, 0.5) is 0 Å². The van der Waals surface area contributed by atoms with Gasteiger partial charge in [-0.2, -0.15) is 0 Å². The molecule has 0 aromatic rings. The lowest BCUT2D eigenvalue weighted by Gasteiger charge is -2.01. The Morgan fingerprint density at radius 3 is 2.38 bits per heavy atom. The van der Waals surface area contributed by atoms with E-state index >= 15 is 0 Å². The van der Waals surface area contributed by atoms with E-state index in [0.29, 0.717) is 6.41 Å². The smallest absolute Gasteiger partial charge is 0.207 e. The summed E-state index contributed by atoms with van der Waals surface area (Å²) in [5.74, 6) is -0.0305. The van der Waals surface area contributed by atoms with Crippen LogP contribution in [0, 0.1) is 0 Å². The molecule has 1 amide bonds. The van der Waals surface area contributed by atoms with Gasteiger partial charge in [0.25, 0.3) is 0 Å². The Bertz CT molecular complexity index is 101. The maximum Gasteiger partial charge on any atom is 0.207 e. The predicted molar refractivity (Wildman–Crippen MR) is 29.3 cm³/mol. The topological polar surface area (TPSA) is 46.2 Å². The van der Waals surface area contributed by atoms with Crippen molar-refractivity contribution in [3.63, 3.8) is 0 Å². The Labute approximate surface area is 48.1 Å². The first-order chi connectivity index (χ1) is 3.68. The molecule has 0 rings (SSSR count). The molecular formula is C5H9NO2. The zero-order valence-corrected chi connectivity index (χ0v) is 4.97. The fraction of sp³-hybridized carbons (Fsp3) is 0.600. The minimum Gasteiger partial charge on any atom is -0.349 e. The van der Waals surface area contributed by atoms with Crippen molar-refractivity contribution in [1.29, 1.82) is 0 Å². The number of hydrogen-bond acceptors (Lipinski definition) is 2. The number of rotatable bonds is 3. The van der Waals surface area contributed by atoms with E-state index < -0.39 is 0 Å². The number of carbonyl (C=O) groups is 2. The summed E-state index contributed by atoms with van der Waals surface area (Å²) < 4.78 is 0. The van der Waals surface area contributed by atoms with Gasteiger partial charge in [0, 0.05) is 0 Å². The van der Waals surface area contributed by atoms with Crippen molar-refractivity contribution >= 4 is 12.2 Å². The number of ketones is 1. The first-order valence-corrected chi connectivity index (χ1v) is 2.38. The molecule has 1 atom stereocenters. The van der Waals surface area contributed by atoms with Crippen molar-refractivity contribution in [1.82, 2.24) is 5.32 Å². The summed E-state index contributed by atoms with van der Waals surface area (Å²) >= 11 is 0. The Balaban J connectivity index is 3.46. The van der Waals surface area contributed by atoms with Crippen LogP contribution in [0.15, 0.2) is 0 Å². The van der Waals surface area contributed by atoms with Crippen LogP contribution in [0.3, 0.4) is 0 Å². The number of Topliss-reactive ketones (excluding diaryl/α,β-unsaturated/α-hetero) is 1. The Hall–Kier alpha value is -0.860. The van der Waals surface area contributed by atoms with E-state index in [1.165, 1.54) is 6.92 Å². The SMILES string of the molecule is CC(=O)C(C)NC=O. The van der Waals surface area contributed by atoms with Gasteiger partial charge in [0.2, 0.25) is 6.41 Å². The largest absolute Gasteiger partial charge is 0.349 e. The summed E-state index contributed by atoms with van der Waals surface area (Å²) in [7, 11) is 0. The number of nitrogens with one attached hydrogen (secondary N) is 1. The highest BCUT2D eigenvalue weighted by Crippen LogP contribution is 1.78.